The lowest BCUT2D eigenvalue weighted by Gasteiger charge is -2.45. The first kappa shape index (κ1) is 12.5. The van der Waals surface area contributed by atoms with Gasteiger partial charge in [-0.15, -0.1) is 0 Å². The molecule has 3 fully saturated rings. The van der Waals surface area contributed by atoms with Gasteiger partial charge < -0.3 is 14.5 Å². The van der Waals surface area contributed by atoms with Crippen molar-refractivity contribution in [1.82, 2.24) is 14.5 Å². The Morgan fingerprint density at radius 2 is 1.95 bits per heavy atom. The van der Waals surface area contributed by atoms with Gasteiger partial charge in [-0.05, 0) is 50.1 Å². The Balaban J connectivity index is 1.91. The van der Waals surface area contributed by atoms with E-state index in [0.717, 1.165) is 38.5 Å². The van der Waals surface area contributed by atoms with E-state index in [0.29, 0.717) is 21.7 Å². The summed E-state index contributed by atoms with van der Waals surface area (Å²) < 4.78 is 29.8. The number of halogens is 2. The topological polar surface area (TPSA) is 24.0 Å². The highest BCUT2D eigenvalue weighted by Crippen LogP contribution is 2.37. The molecule has 1 aromatic carbocycles. The number of fused-ring (bicyclic) bond motifs is 4. The quantitative estimate of drug-likeness (QED) is 0.817. The van der Waals surface area contributed by atoms with Crippen molar-refractivity contribution in [2.75, 3.05) is 19.6 Å². The molecule has 4 heterocycles. The average Bonchev–Trinajstić information content (AvgIpc) is 2.76. The predicted octanol–water partition coefficient (Wildman–Crippen LogP) is 3.24. The van der Waals surface area contributed by atoms with Gasteiger partial charge in [0.05, 0.1) is 11.6 Å². The Labute approximate surface area is 120 Å². The standard InChI is InChI=1S/C14H15F2N3S/c15-9-5-10(16)13-11(6-9)19(14(20)17-13)12-7-18-3-1-8(12)2-4-18/h5-6,8,12H,1-4,7H2,(H,17,20). The van der Waals surface area contributed by atoms with E-state index in [1.54, 1.807) is 0 Å². The number of rotatable bonds is 1. The Hall–Kier alpha value is -1.27. The molecule has 3 aliphatic heterocycles. The van der Waals surface area contributed by atoms with Crippen molar-refractivity contribution >= 4 is 23.3 Å². The van der Waals surface area contributed by atoms with E-state index < -0.39 is 11.6 Å². The molecule has 1 atom stereocenters. The maximum absolute atomic E-state index is 13.9. The number of aromatic nitrogens is 2. The number of H-pyrrole nitrogens is 1. The zero-order chi connectivity index (χ0) is 13.9. The fourth-order valence-electron chi connectivity index (χ4n) is 3.71. The van der Waals surface area contributed by atoms with Crippen LogP contribution in [0.4, 0.5) is 8.78 Å². The maximum Gasteiger partial charge on any atom is 0.178 e. The van der Waals surface area contributed by atoms with Crippen LogP contribution >= 0.6 is 12.2 Å². The molecule has 1 N–H and O–H groups in total. The lowest BCUT2D eigenvalue weighted by Crippen LogP contribution is -2.48. The number of nitrogens with one attached hydrogen (secondary N) is 1. The molecule has 1 unspecified atom stereocenters. The molecule has 3 saturated heterocycles. The Bertz CT molecular complexity index is 728. The molecule has 20 heavy (non-hydrogen) atoms. The number of nitrogens with zero attached hydrogens (tertiary/aromatic N) is 2. The van der Waals surface area contributed by atoms with Gasteiger partial charge in [0.2, 0.25) is 0 Å². The van der Waals surface area contributed by atoms with Crippen molar-refractivity contribution in [2.24, 2.45) is 5.92 Å². The second-order valence-corrected chi connectivity index (χ2v) is 6.17. The largest absolute Gasteiger partial charge is 0.328 e. The minimum absolute atomic E-state index is 0.222. The molecule has 1 aromatic heterocycles. The minimum Gasteiger partial charge on any atom is -0.328 e. The second-order valence-electron chi connectivity index (χ2n) is 5.79. The third-order valence-electron chi connectivity index (χ3n) is 4.70. The second kappa shape index (κ2) is 4.36. The van der Waals surface area contributed by atoms with E-state index in [4.69, 9.17) is 12.2 Å². The summed E-state index contributed by atoms with van der Waals surface area (Å²) in [6, 6.07) is 2.50. The fourth-order valence-corrected chi connectivity index (χ4v) is 4.04. The SMILES string of the molecule is Fc1cc(F)c2[nH]c(=S)n(C3CN4CCC3CC4)c2c1. The van der Waals surface area contributed by atoms with Crippen LogP contribution in [-0.2, 0) is 0 Å². The van der Waals surface area contributed by atoms with Gasteiger partial charge in [-0.3, -0.25) is 0 Å². The number of hydrogen-bond acceptors (Lipinski definition) is 2. The van der Waals surface area contributed by atoms with Crippen molar-refractivity contribution < 1.29 is 8.78 Å². The normalized spacial score (nSPS) is 29.2. The van der Waals surface area contributed by atoms with Gasteiger partial charge in [0.1, 0.15) is 11.3 Å². The third kappa shape index (κ3) is 1.74. The minimum atomic E-state index is -0.578. The number of benzene rings is 1. The highest BCUT2D eigenvalue weighted by molar-refractivity contribution is 7.71. The highest BCUT2D eigenvalue weighted by atomic mass is 32.1. The molecule has 106 valence electrons. The van der Waals surface area contributed by atoms with Crippen LogP contribution in [0.25, 0.3) is 11.0 Å². The van der Waals surface area contributed by atoms with Gasteiger partial charge in [-0.1, -0.05) is 0 Å². The van der Waals surface area contributed by atoms with Gasteiger partial charge in [0.25, 0.3) is 0 Å². The van der Waals surface area contributed by atoms with Crippen LogP contribution in [0.3, 0.4) is 0 Å². The van der Waals surface area contributed by atoms with E-state index in [1.165, 1.54) is 6.07 Å². The van der Waals surface area contributed by atoms with E-state index in [1.807, 2.05) is 4.57 Å². The summed E-state index contributed by atoms with van der Waals surface area (Å²) in [6.45, 7) is 3.17. The molecule has 2 bridgehead atoms. The Kier molecular flexibility index (Phi) is 2.72. The van der Waals surface area contributed by atoms with Crippen LogP contribution < -0.4 is 0 Å². The van der Waals surface area contributed by atoms with Crippen LogP contribution in [0.5, 0.6) is 0 Å². The zero-order valence-electron chi connectivity index (χ0n) is 10.9. The Morgan fingerprint density at radius 1 is 1.20 bits per heavy atom. The molecule has 0 radical (unpaired) electrons. The van der Waals surface area contributed by atoms with Crippen LogP contribution in [0.15, 0.2) is 12.1 Å². The molecule has 0 amide bonds. The first-order valence-corrected chi connectivity index (χ1v) is 7.36. The van der Waals surface area contributed by atoms with Crippen molar-refractivity contribution in [3.05, 3.63) is 28.5 Å². The van der Waals surface area contributed by atoms with Crippen molar-refractivity contribution in [1.29, 1.82) is 0 Å². The number of piperidine rings is 3. The summed E-state index contributed by atoms with van der Waals surface area (Å²) in [7, 11) is 0. The molecule has 5 rings (SSSR count). The van der Waals surface area contributed by atoms with Crippen LogP contribution in [0.2, 0.25) is 0 Å². The first-order valence-electron chi connectivity index (χ1n) is 6.95. The van der Waals surface area contributed by atoms with E-state index in [9.17, 15) is 8.78 Å². The third-order valence-corrected chi connectivity index (χ3v) is 5.00. The van der Waals surface area contributed by atoms with Gasteiger partial charge in [-0.2, -0.15) is 0 Å². The summed E-state index contributed by atoms with van der Waals surface area (Å²) in [6.07, 6.45) is 2.27. The molecule has 0 aliphatic carbocycles. The summed E-state index contributed by atoms with van der Waals surface area (Å²) in [5.74, 6) is -0.581. The molecule has 3 aliphatic rings. The molecular formula is C14H15F2N3S. The molecule has 3 nitrogen and oxygen atoms in total. The smallest absolute Gasteiger partial charge is 0.178 e. The number of hydrogen-bond donors (Lipinski definition) is 1. The van der Waals surface area contributed by atoms with Crippen LogP contribution in [0, 0.1) is 22.3 Å². The van der Waals surface area contributed by atoms with E-state index >= 15 is 0 Å². The molecule has 0 saturated carbocycles. The number of aromatic amines is 1. The summed E-state index contributed by atoms with van der Waals surface area (Å²) in [5.41, 5.74) is 0.860. The molecule has 0 spiro atoms. The van der Waals surface area contributed by atoms with Crippen molar-refractivity contribution in [3.8, 4) is 0 Å². The monoisotopic (exact) mass is 295 g/mol. The first-order chi connectivity index (χ1) is 9.63. The fraction of sp³-hybridized carbons (Fsp3) is 0.500. The van der Waals surface area contributed by atoms with Crippen LogP contribution in [0.1, 0.15) is 18.9 Å². The van der Waals surface area contributed by atoms with Crippen molar-refractivity contribution in [3.63, 3.8) is 0 Å². The number of imidazole rings is 1. The lowest BCUT2D eigenvalue weighted by atomic mass is 9.84. The van der Waals surface area contributed by atoms with Crippen LogP contribution in [-0.4, -0.2) is 34.1 Å². The predicted molar refractivity (Wildman–Crippen MR) is 75.2 cm³/mol. The van der Waals surface area contributed by atoms with Crippen molar-refractivity contribution in [2.45, 2.75) is 18.9 Å². The molecular weight excluding hydrogens is 280 g/mol. The van der Waals surface area contributed by atoms with Gasteiger partial charge in [0.15, 0.2) is 10.6 Å². The van der Waals surface area contributed by atoms with Gasteiger partial charge in [0, 0.05) is 12.6 Å². The lowest BCUT2D eigenvalue weighted by molar-refractivity contribution is 0.0582. The zero-order valence-corrected chi connectivity index (χ0v) is 11.7. The maximum atomic E-state index is 13.9. The van der Waals surface area contributed by atoms with Gasteiger partial charge in [-0.25, -0.2) is 8.78 Å². The average molecular weight is 295 g/mol. The van der Waals surface area contributed by atoms with E-state index in [2.05, 4.69) is 9.88 Å². The Morgan fingerprint density at radius 3 is 2.60 bits per heavy atom. The molecule has 2 aromatic rings. The summed E-state index contributed by atoms with van der Waals surface area (Å²) >= 11 is 5.35. The molecule has 6 heteroatoms. The highest BCUT2D eigenvalue weighted by Gasteiger charge is 2.36. The summed E-state index contributed by atoms with van der Waals surface area (Å²) in [5, 5.41) is 0. The van der Waals surface area contributed by atoms with Gasteiger partial charge >= 0.3 is 0 Å². The summed E-state index contributed by atoms with van der Waals surface area (Å²) in [4.78, 5) is 5.30. The van der Waals surface area contributed by atoms with E-state index in [-0.39, 0.29) is 6.04 Å².